The van der Waals surface area contributed by atoms with Gasteiger partial charge in [0, 0.05) is 10.6 Å². The summed E-state index contributed by atoms with van der Waals surface area (Å²) >= 11 is 1.50. The molecule has 1 unspecified atom stereocenters. The number of amides is 1. The number of thiophene rings is 1. The molecule has 2 aromatic heterocycles. The minimum atomic E-state index is -0.492. The van der Waals surface area contributed by atoms with Crippen LogP contribution in [-0.2, 0) is 4.74 Å². The van der Waals surface area contributed by atoms with Crippen LogP contribution >= 0.6 is 11.3 Å². The van der Waals surface area contributed by atoms with Crippen molar-refractivity contribution in [1.82, 2.24) is 10.3 Å². The average Bonchev–Trinajstić information content (AvgIpc) is 3.28. The number of esters is 1. The number of benzene rings is 1. The molecule has 0 saturated carbocycles. The fraction of sp³-hybridized carbons (Fsp3) is 0.200. The molecule has 3 aromatic rings. The zero-order valence-electron chi connectivity index (χ0n) is 15.1. The zero-order valence-corrected chi connectivity index (χ0v) is 15.9. The van der Waals surface area contributed by atoms with Gasteiger partial charge in [0.1, 0.15) is 11.5 Å². The van der Waals surface area contributed by atoms with Crippen LogP contribution in [0, 0.1) is 19.7 Å². The lowest BCUT2D eigenvalue weighted by Crippen LogP contribution is -2.29. The number of ether oxygens (including phenoxy) is 1. The number of aromatic amines is 1. The number of nitrogens with one attached hydrogen (secondary N) is 2. The maximum absolute atomic E-state index is 13.3. The van der Waals surface area contributed by atoms with Crippen molar-refractivity contribution >= 4 is 23.2 Å². The molecule has 7 heteroatoms. The van der Waals surface area contributed by atoms with Gasteiger partial charge in [0.15, 0.2) is 0 Å². The Hall–Kier alpha value is -2.93. The minimum absolute atomic E-state index is 0.302. The van der Waals surface area contributed by atoms with Gasteiger partial charge in [-0.25, -0.2) is 9.18 Å². The number of hydrogen-bond acceptors (Lipinski definition) is 4. The van der Waals surface area contributed by atoms with Crippen LogP contribution in [0.1, 0.15) is 48.6 Å². The second kappa shape index (κ2) is 7.75. The third kappa shape index (κ3) is 3.78. The molecule has 0 saturated heterocycles. The molecule has 0 bridgehead atoms. The zero-order chi connectivity index (χ0) is 19.6. The fourth-order valence-corrected chi connectivity index (χ4v) is 3.82. The molecule has 0 aliphatic heterocycles. The smallest absolute Gasteiger partial charge is 0.339 e. The highest BCUT2D eigenvalue weighted by atomic mass is 32.1. The van der Waals surface area contributed by atoms with E-state index in [2.05, 4.69) is 10.3 Å². The summed E-state index contributed by atoms with van der Waals surface area (Å²) in [6.07, 6.45) is 0. The van der Waals surface area contributed by atoms with Gasteiger partial charge in [-0.2, -0.15) is 0 Å². The van der Waals surface area contributed by atoms with Crippen molar-refractivity contribution in [2.45, 2.75) is 19.9 Å². The maximum atomic E-state index is 13.3. The van der Waals surface area contributed by atoms with Crippen LogP contribution in [0.3, 0.4) is 0 Å². The van der Waals surface area contributed by atoms with Crippen LogP contribution in [0.4, 0.5) is 4.39 Å². The Bertz CT molecular complexity index is 962. The highest BCUT2D eigenvalue weighted by Crippen LogP contribution is 2.27. The number of methoxy groups -OCH3 is 1. The van der Waals surface area contributed by atoms with Crippen molar-refractivity contribution in [3.63, 3.8) is 0 Å². The van der Waals surface area contributed by atoms with Gasteiger partial charge in [-0.15, -0.1) is 11.3 Å². The van der Waals surface area contributed by atoms with E-state index in [9.17, 15) is 14.0 Å². The molecule has 0 spiro atoms. The first-order valence-electron chi connectivity index (χ1n) is 8.29. The molecular formula is C20H19FN2O3S. The van der Waals surface area contributed by atoms with Crippen molar-refractivity contribution in [2.24, 2.45) is 0 Å². The number of rotatable bonds is 5. The van der Waals surface area contributed by atoms with Crippen molar-refractivity contribution < 1.29 is 18.7 Å². The molecule has 0 aliphatic carbocycles. The molecule has 0 aliphatic rings. The van der Waals surface area contributed by atoms with Crippen LogP contribution in [-0.4, -0.2) is 24.0 Å². The molecular weight excluding hydrogens is 367 g/mol. The van der Waals surface area contributed by atoms with Gasteiger partial charge in [-0.3, -0.25) is 4.79 Å². The number of hydrogen-bond donors (Lipinski definition) is 2. The minimum Gasteiger partial charge on any atom is -0.465 e. The number of H-pyrrole nitrogens is 1. The molecule has 2 heterocycles. The Morgan fingerprint density at radius 3 is 2.48 bits per heavy atom. The van der Waals surface area contributed by atoms with E-state index in [1.165, 1.54) is 30.6 Å². The maximum Gasteiger partial charge on any atom is 0.339 e. The summed E-state index contributed by atoms with van der Waals surface area (Å²) in [5.74, 6) is -1.18. The van der Waals surface area contributed by atoms with Gasteiger partial charge < -0.3 is 15.0 Å². The Morgan fingerprint density at radius 2 is 1.89 bits per heavy atom. The van der Waals surface area contributed by atoms with E-state index < -0.39 is 12.0 Å². The lowest BCUT2D eigenvalue weighted by Gasteiger charge is -2.18. The summed E-state index contributed by atoms with van der Waals surface area (Å²) in [6.45, 7) is 3.41. The summed E-state index contributed by atoms with van der Waals surface area (Å²) in [5, 5.41) is 4.89. The normalized spacial score (nSPS) is 11.9. The highest BCUT2D eigenvalue weighted by Gasteiger charge is 2.25. The molecule has 3 rings (SSSR count). The lowest BCUT2D eigenvalue weighted by atomic mass is 10.0. The first-order chi connectivity index (χ1) is 12.9. The molecule has 27 heavy (non-hydrogen) atoms. The lowest BCUT2D eigenvalue weighted by molar-refractivity contribution is 0.0599. The second-order valence-electron chi connectivity index (χ2n) is 6.09. The SMILES string of the molecule is COC(=O)c1c(C)[nH]c(C(=O)NC(c2ccc(F)cc2)c2cccs2)c1C. The van der Waals surface area contributed by atoms with Crippen molar-refractivity contribution in [3.05, 3.63) is 80.6 Å². The molecule has 1 amide bonds. The third-order valence-corrected chi connectivity index (χ3v) is 5.30. The molecule has 2 N–H and O–H groups in total. The highest BCUT2D eigenvalue weighted by molar-refractivity contribution is 7.10. The van der Waals surface area contributed by atoms with Crippen molar-refractivity contribution in [2.75, 3.05) is 7.11 Å². The first kappa shape index (κ1) is 18.8. The van der Waals surface area contributed by atoms with E-state index in [4.69, 9.17) is 4.74 Å². The summed E-state index contributed by atoms with van der Waals surface area (Å²) in [4.78, 5) is 28.8. The largest absolute Gasteiger partial charge is 0.465 e. The quantitative estimate of drug-likeness (QED) is 0.648. The van der Waals surface area contributed by atoms with Gasteiger partial charge in [0.05, 0.1) is 18.7 Å². The average molecular weight is 386 g/mol. The third-order valence-electron chi connectivity index (χ3n) is 4.36. The van der Waals surface area contributed by atoms with Crippen LogP contribution in [0.5, 0.6) is 0 Å². The Labute approximate surface area is 160 Å². The van der Waals surface area contributed by atoms with E-state index in [1.54, 1.807) is 26.0 Å². The fourth-order valence-electron chi connectivity index (χ4n) is 3.02. The summed E-state index contributed by atoms with van der Waals surface area (Å²) in [6, 6.07) is 9.39. The van der Waals surface area contributed by atoms with E-state index in [1.807, 2.05) is 17.5 Å². The van der Waals surface area contributed by atoms with Crippen molar-refractivity contribution in [1.29, 1.82) is 0 Å². The number of carbonyl (C=O) groups is 2. The van der Waals surface area contributed by atoms with Crippen LogP contribution < -0.4 is 5.32 Å². The van der Waals surface area contributed by atoms with E-state index in [0.717, 1.165) is 10.4 Å². The van der Waals surface area contributed by atoms with Crippen LogP contribution in [0.2, 0.25) is 0 Å². The number of aromatic nitrogens is 1. The monoisotopic (exact) mass is 386 g/mol. The molecule has 5 nitrogen and oxygen atoms in total. The van der Waals surface area contributed by atoms with E-state index in [0.29, 0.717) is 22.5 Å². The van der Waals surface area contributed by atoms with Gasteiger partial charge in [-0.05, 0) is 48.6 Å². The molecule has 1 aromatic carbocycles. The number of aryl methyl sites for hydroxylation is 1. The van der Waals surface area contributed by atoms with Gasteiger partial charge in [0.2, 0.25) is 0 Å². The van der Waals surface area contributed by atoms with E-state index >= 15 is 0 Å². The van der Waals surface area contributed by atoms with Crippen molar-refractivity contribution in [3.8, 4) is 0 Å². The van der Waals surface area contributed by atoms with Crippen LogP contribution in [0.25, 0.3) is 0 Å². The molecule has 0 radical (unpaired) electrons. The first-order valence-corrected chi connectivity index (χ1v) is 9.17. The van der Waals surface area contributed by atoms with Gasteiger partial charge in [0.25, 0.3) is 5.91 Å². The van der Waals surface area contributed by atoms with Gasteiger partial charge >= 0.3 is 5.97 Å². The second-order valence-corrected chi connectivity index (χ2v) is 7.07. The molecule has 140 valence electrons. The van der Waals surface area contributed by atoms with Gasteiger partial charge in [-0.1, -0.05) is 18.2 Å². The Kier molecular flexibility index (Phi) is 5.41. The molecule has 0 fully saturated rings. The van der Waals surface area contributed by atoms with Crippen LogP contribution in [0.15, 0.2) is 41.8 Å². The predicted octanol–water partition coefficient (Wildman–Crippen LogP) is 4.14. The Morgan fingerprint density at radius 1 is 1.19 bits per heavy atom. The summed E-state index contributed by atoms with van der Waals surface area (Å²) in [7, 11) is 1.30. The summed E-state index contributed by atoms with van der Waals surface area (Å²) in [5.41, 5.74) is 2.52. The standard InChI is InChI=1S/C20H19FN2O3S/c1-11-16(20(25)26-3)12(2)22-17(11)19(24)23-18(15-5-4-10-27-15)13-6-8-14(21)9-7-13/h4-10,18,22H,1-3H3,(H,23,24). The topological polar surface area (TPSA) is 71.2 Å². The molecule has 1 atom stereocenters. The number of carbonyl (C=O) groups excluding carboxylic acids is 2. The Balaban J connectivity index is 1.94. The predicted molar refractivity (Wildman–Crippen MR) is 102 cm³/mol. The summed E-state index contributed by atoms with van der Waals surface area (Å²) < 4.78 is 18.1. The van der Waals surface area contributed by atoms with E-state index in [-0.39, 0.29) is 11.7 Å². The number of halogens is 1.